The Balaban J connectivity index is 0.000000791. The summed E-state index contributed by atoms with van der Waals surface area (Å²) in [6.45, 7) is 5.57. The van der Waals surface area contributed by atoms with Crippen molar-refractivity contribution in [3.8, 4) is 0 Å². The number of hydrogen-bond donors (Lipinski definition) is 0. The minimum atomic E-state index is -4.31. The zero-order valence-electron chi connectivity index (χ0n) is 8.24. The predicted molar refractivity (Wildman–Crippen MR) is 52.5 cm³/mol. The first-order chi connectivity index (χ1) is 6.39. The first kappa shape index (κ1) is 13.3. The summed E-state index contributed by atoms with van der Waals surface area (Å²) in [7, 11) is 0. The molecule has 0 fully saturated rings. The maximum absolute atomic E-state index is 12.1. The number of benzene rings is 1. The van der Waals surface area contributed by atoms with E-state index in [4.69, 9.17) is 11.6 Å². The van der Waals surface area contributed by atoms with Crippen LogP contribution in [-0.4, -0.2) is 0 Å². The van der Waals surface area contributed by atoms with E-state index >= 15 is 0 Å². The highest BCUT2D eigenvalue weighted by Gasteiger charge is 2.30. The molecule has 0 saturated carbocycles. The van der Waals surface area contributed by atoms with Gasteiger partial charge >= 0.3 is 6.18 Å². The summed E-state index contributed by atoms with van der Waals surface area (Å²) in [4.78, 5) is 0. The Hall–Kier alpha value is -0.700. The van der Waals surface area contributed by atoms with E-state index in [-0.39, 0.29) is 5.02 Å². The van der Waals surface area contributed by atoms with Crippen LogP contribution in [0.1, 0.15) is 25.0 Å². The molecule has 0 aromatic heterocycles. The van der Waals surface area contributed by atoms with Crippen LogP contribution in [0.5, 0.6) is 0 Å². The standard InChI is InChI=1S/C8H6ClF3.C2H6/c1-5-2-6(8(10,11)12)4-7(9)3-5;1-2/h2-4H,1H3;1-2H3. The second-order valence-corrected chi connectivity index (χ2v) is 2.95. The molecule has 0 atom stereocenters. The fourth-order valence-electron chi connectivity index (χ4n) is 0.900. The maximum Gasteiger partial charge on any atom is 0.416 e. The minimum absolute atomic E-state index is 0.113. The number of halogens is 4. The largest absolute Gasteiger partial charge is 0.416 e. The predicted octanol–water partition coefficient (Wildman–Crippen LogP) is 4.69. The Morgan fingerprint density at radius 2 is 1.57 bits per heavy atom. The summed E-state index contributed by atoms with van der Waals surface area (Å²) in [5.74, 6) is 0. The molecule has 0 N–H and O–H groups in total. The molecule has 0 spiro atoms. The highest BCUT2D eigenvalue weighted by Crippen LogP contribution is 2.31. The molecular weight excluding hydrogens is 213 g/mol. The van der Waals surface area contributed by atoms with Crippen molar-refractivity contribution in [3.63, 3.8) is 0 Å². The van der Waals surface area contributed by atoms with Crippen LogP contribution in [0.25, 0.3) is 0 Å². The molecule has 0 aliphatic rings. The smallest absolute Gasteiger partial charge is 0.166 e. The Labute approximate surface area is 86.7 Å². The van der Waals surface area contributed by atoms with E-state index in [1.807, 2.05) is 13.8 Å². The van der Waals surface area contributed by atoms with Gasteiger partial charge in [0.05, 0.1) is 5.56 Å². The van der Waals surface area contributed by atoms with Gasteiger partial charge in [0.1, 0.15) is 0 Å². The first-order valence-corrected chi connectivity index (χ1v) is 4.62. The average Bonchev–Trinajstić information content (AvgIpc) is 2.04. The van der Waals surface area contributed by atoms with Gasteiger partial charge in [-0.2, -0.15) is 13.2 Å². The molecule has 1 rings (SSSR count). The second-order valence-electron chi connectivity index (χ2n) is 2.52. The topological polar surface area (TPSA) is 0 Å². The SMILES string of the molecule is CC.Cc1cc(Cl)cc(C(F)(F)F)c1. The first-order valence-electron chi connectivity index (χ1n) is 4.24. The summed E-state index contributed by atoms with van der Waals surface area (Å²) in [5.41, 5.74) is -0.192. The number of aryl methyl sites for hydroxylation is 1. The molecule has 0 aliphatic carbocycles. The molecular formula is C10H12ClF3. The van der Waals surface area contributed by atoms with Crippen LogP contribution in [0.4, 0.5) is 13.2 Å². The molecule has 0 amide bonds. The molecule has 80 valence electrons. The van der Waals surface area contributed by atoms with Gasteiger partial charge in [0, 0.05) is 5.02 Å². The van der Waals surface area contributed by atoms with E-state index in [2.05, 4.69) is 0 Å². The number of hydrogen-bond acceptors (Lipinski definition) is 0. The Kier molecular flexibility index (Phi) is 4.99. The van der Waals surface area contributed by atoms with Crippen molar-refractivity contribution in [3.05, 3.63) is 34.3 Å². The molecule has 0 radical (unpaired) electrons. The lowest BCUT2D eigenvalue weighted by Crippen LogP contribution is -2.04. The molecule has 0 nitrogen and oxygen atoms in total. The van der Waals surface area contributed by atoms with Gasteiger partial charge < -0.3 is 0 Å². The van der Waals surface area contributed by atoms with Crippen molar-refractivity contribution in [2.75, 3.05) is 0 Å². The lowest BCUT2D eigenvalue weighted by Gasteiger charge is -2.07. The fraction of sp³-hybridized carbons (Fsp3) is 0.400. The minimum Gasteiger partial charge on any atom is -0.166 e. The van der Waals surface area contributed by atoms with Crippen LogP contribution < -0.4 is 0 Å². The van der Waals surface area contributed by atoms with Gasteiger partial charge in [-0.1, -0.05) is 25.4 Å². The van der Waals surface area contributed by atoms with E-state index in [0.29, 0.717) is 5.56 Å². The van der Waals surface area contributed by atoms with E-state index < -0.39 is 11.7 Å². The van der Waals surface area contributed by atoms with Crippen molar-refractivity contribution in [2.45, 2.75) is 26.9 Å². The Bertz CT molecular complexity index is 272. The van der Waals surface area contributed by atoms with Crippen LogP contribution in [-0.2, 0) is 6.18 Å². The lowest BCUT2D eigenvalue weighted by atomic mass is 10.1. The van der Waals surface area contributed by atoms with E-state index in [0.717, 1.165) is 12.1 Å². The summed E-state index contributed by atoms with van der Waals surface area (Å²) in [6.07, 6.45) is -4.31. The number of rotatable bonds is 0. The molecule has 14 heavy (non-hydrogen) atoms. The molecule has 0 bridgehead atoms. The molecule has 0 unspecified atom stereocenters. The van der Waals surface area contributed by atoms with E-state index in [1.54, 1.807) is 6.92 Å². The third-order valence-electron chi connectivity index (χ3n) is 1.37. The lowest BCUT2D eigenvalue weighted by molar-refractivity contribution is -0.137. The Morgan fingerprint density at radius 1 is 1.07 bits per heavy atom. The van der Waals surface area contributed by atoms with Crippen molar-refractivity contribution < 1.29 is 13.2 Å². The second kappa shape index (κ2) is 5.25. The molecule has 0 saturated heterocycles. The highest BCUT2D eigenvalue weighted by atomic mass is 35.5. The molecule has 1 aromatic rings. The van der Waals surface area contributed by atoms with Gasteiger partial charge in [-0.15, -0.1) is 0 Å². The van der Waals surface area contributed by atoms with Gasteiger partial charge in [-0.3, -0.25) is 0 Å². The van der Waals surface area contributed by atoms with Crippen molar-refractivity contribution in [1.29, 1.82) is 0 Å². The van der Waals surface area contributed by atoms with Crippen LogP contribution in [0.15, 0.2) is 18.2 Å². The molecule has 1 aromatic carbocycles. The third-order valence-corrected chi connectivity index (χ3v) is 1.59. The zero-order chi connectivity index (χ0) is 11.4. The number of alkyl halides is 3. The maximum atomic E-state index is 12.1. The van der Waals surface area contributed by atoms with Crippen molar-refractivity contribution in [1.82, 2.24) is 0 Å². The normalized spacial score (nSPS) is 10.5. The van der Waals surface area contributed by atoms with Crippen LogP contribution >= 0.6 is 11.6 Å². The van der Waals surface area contributed by atoms with Crippen molar-refractivity contribution in [2.24, 2.45) is 0 Å². The summed E-state index contributed by atoms with van der Waals surface area (Å²) >= 11 is 5.46. The monoisotopic (exact) mass is 224 g/mol. The van der Waals surface area contributed by atoms with E-state index in [1.165, 1.54) is 6.07 Å². The van der Waals surface area contributed by atoms with Crippen LogP contribution in [0.2, 0.25) is 5.02 Å². The van der Waals surface area contributed by atoms with Crippen LogP contribution in [0.3, 0.4) is 0 Å². The molecule has 4 heteroatoms. The summed E-state index contributed by atoms with van der Waals surface area (Å²) < 4.78 is 36.3. The van der Waals surface area contributed by atoms with Gasteiger partial charge in [0.15, 0.2) is 0 Å². The third kappa shape index (κ3) is 4.01. The van der Waals surface area contributed by atoms with Crippen LogP contribution in [0, 0.1) is 6.92 Å². The quantitative estimate of drug-likeness (QED) is 0.600. The average molecular weight is 225 g/mol. The fourth-order valence-corrected chi connectivity index (χ4v) is 1.19. The highest BCUT2D eigenvalue weighted by molar-refractivity contribution is 6.30. The summed E-state index contributed by atoms with van der Waals surface area (Å²) in [5, 5.41) is 0.113. The molecule has 0 aliphatic heterocycles. The van der Waals surface area contributed by atoms with E-state index in [9.17, 15) is 13.2 Å². The van der Waals surface area contributed by atoms with Gasteiger partial charge in [-0.25, -0.2) is 0 Å². The van der Waals surface area contributed by atoms with Gasteiger partial charge in [0.25, 0.3) is 0 Å². The van der Waals surface area contributed by atoms with Gasteiger partial charge in [-0.05, 0) is 30.7 Å². The summed E-state index contributed by atoms with van der Waals surface area (Å²) in [6, 6.07) is 3.46. The Morgan fingerprint density at radius 3 is 1.93 bits per heavy atom. The van der Waals surface area contributed by atoms with Crippen molar-refractivity contribution >= 4 is 11.6 Å². The molecule has 0 heterocycles. The zero-order valence-corrected chi connectivity index (χ0v) is 9.00. The van der Waals surface area contributed by atoms with Gasteiger partial charge in [0.2, 0.25) is 0 Å².